The van der Waals surface area contributed by atoms with Crippen LogP contribution >= 0.6 is 0 Å². The normalized spacial score (nSPS) is 25.2. The molecule has 12 atom stereocenters. The average Bonchev–Trinajstić information content (AvgIpc) is 3.44. The summed E-state index contributed by atoms with van der Waals surface area (Å²) < 4.78 is 22.8. The van der Waals surface area contributed by atoms with Crippen LogP contribution in [0.25, 0.3) is 0 Å². The van der Waals surface area contributed by atoms with Crippen molar-refractivity contribution >= 4 is 5.91 Å². The minimum absolute atomic E-state index is 0.252. The molecule has 2 rings (SSSR count). The minimum atomic E-state index is -1.80. The number of nitrogens with one attached hydrogen (secondary N) is 1. The molecule has 0 aliphatic carbocycles. The van der Waals surface area contributed by atoms with Gasteiger partial charge in [0.05, 0.1) is 32.0 Å². The first-order valence-electron chi connectivity index (χ1n) is 30.7. The number of hydrogen-bond acceptors (Lipinski definition) is 13. The molecule has 2 fully saturated rings. The van der Waals surface area contributed by atoms with Crippen LogP contribution in [0.3, 0.4) is 0 Å². The second-order valence-corrected chi connectivity index (χ2v) is 21.5. The maximum absolute atomic E-state index is 13.3. The highest BCUT2D eigenvalue weighted by molar-refractivity contribution is 5.76. The molecule has 1 amide bonds. The number of aliphatic hydroxyl groups is 8. The number of carbonyl (C=O) groups is 1. The van der Waals surface area contributed by atoms with Crippen LogP contribution < -0.4 is 5.32 Å². The van der Waals surface area contributed by atoms with Gasteiger partial charge in [-0.1, -0.05) is 209 Å². The number of unbranched alkanes of at least 4 members (excludes halogenated alkanes) is 25. The van der Waals surface area contributed by atoms with Crippen LogP contribution in [-0.2, 0) is 23.7 Å². The molecule has 0 aromatic carbocycles. The van der Waals surface area contributed by atoms with Crippen LogP contribution in [-0.4, -0.2) is 140 Å². The van der Waals surface area contributed by atoms with E-state index in [1.54, 1.807) is 6.08 Å². The van der Waals surface area contributed by atoms with Gasteiger partial charge in [0.1, 0.15) is 48.8 Å². The van der Waals surface area contributed by atoms with Crippen LogP contribution in [0.2, 0.25) is 0 Å². The van der Waals surface area contributed by atoms with Gasteiger partial charge in [-0.15, -0.1) is 0 Å². The SMILES string of the molecule is CCCCC/C=C\C/C=C\C/C=C\CCCCCCCCC(=O)NC(COC1OC(CO)C(OC2OC(CO)C(O)C(O)C2O)C(O)C1O)C(O)/C=C/CC/C=C/CC/C=C/CCCCCCCCCCCCCCCC. The molecule has 14 nitrogen and oxygen atoms in total. The Bertz CT molecular complexity index is 1570. The Hall–Kier alpha value is -2.57. The van der Waals surface area contributed by atoms with Crippen molar-refractivity contribution < 1.29 is 64.6 Å². The summed E-state index contributed by atoms with van der Waals surface area (Å²) in [4.78, 5) is 13.3. The Morgan fingerprint density at radius 3 is 1.39 bits per heavy atom. The van der Waals surface area contributed by atoms with Gasteiger partial charge < -0.3 is 65.1 Å². The van der Waals surface area contributed by atoms with E-state index in [0.717, 1.165) is 77.0 Å². The number of rotatable bonds is 48. The third-order valence-corrected chi connectivity index (χ3v) is 14.6. The fourth-order valence-electron chi connectivity index (χ4n) is 9.62. The smallest absolute Gasteiger partial charge is 0.220 e. The molecule has 9 N–H and O–H groups in total. The van der Waals surface area contributed by atoms with Crippen LogP contribution in [0.4, 0.5) is 0 Å². The first-order valence-corrected chi connectivity index (χ1v) is 30.7. The zero-order chi connectivity index (χ0) is 56.0. The first-order chi connectivity index (χ1) is 37.6. The third kappa shape index (κ3) is 33.7. The van der Waals surface area contributed by atoms with Gasteiger partial charge in [0.25, 0.3) is 0 Å². The lowest BCUT2D eigenvalue weighted by Crippen LogP contribution is -2.65. The molecule has 2 aliphatic heterocycles. The molecule has 14 heteroatoms. The number of carbonyl (C=O) groups excluding carboxylic acids is 1. The van der Waals surface area contributed by atoms with Gasteiger partial charge in [-0.3, -0.25) is 4.79 Å². The van der Waals surface area contributed by atoms with Crippen LogP contribution in [0.5, 0.6) is 0 Å². The molecular weight excluding hydrogens is 979 g/mol. The highest BCUT2D eigenvalue weighted by Gasteiger charge is 2.51. The Morgan fingerprint density at radius 1 is 0.468 bits per heavy atom. The largest absolute Gasteiger partial charge is 0.394 e. The molecule has 0 spiro atoms. The monoisotopic (exact) mass is 1090 g/mol. The van der Waals surface area contributed by atoms with E-state index in [0.29, 0.717) is 12.8 Å². The minimum Gasteiger partial charge on any atom is -0.394 e. The fraction of sp³-hybridized carbons (Fsp3) is 0.794. The van der Waals surface area contributed by atoms with Crippen LogP contribution in [0.1, 0.15) is 226 Å². The highest BCUT2D eigenvalue weighted by atomic mass is 16.7. The van der Waals surface area contributed by atoms with Gasteiger partial charge in [0.15, 0.2) is 12.6 Å². The van der Waals surface area contributed by atoms with Crippen molar-refractivity contribution in [3.05, 3.63) is 72.9 Å². The Balaban J connectivity index is 1.79. The van der Waals surface area contributed by atoms with E-state index in [-0.39, 0.29) is 18.9 Å². The van der Waals surface area contributed by atoms with Crippen molar-refractivity contribution in [2.75, 3.05) is 19.8 Å². The van der Waals surface area contributed by atoms with E-state index in [9.17, 15) is 45.6 Å². The van der Waals surface area contributed by atoms with Crippen molar-refractivity contribution in [1.82, 2.24) is 5.32 Å². The molecular formula is C63H111NO13. The molecule has 2 saturated heterocycles. The van der Waals surface area contributed by atoms with Gasteiger partial charge >= 0.3 is 0 Å². The highest BCUT2D eigenvalue weighted by Crippen LogP contribution is 2.30. The molecule has 0 aromatic rings. The summed E-state index contributed by atoms with van der Waals surface area (Å²) >= 11 is 0. The van der Waals surface area contributed by atoms with Gasteiger partial charge in [-0.2, -0.15) is 0 Å². The molecule has 446 valence electrons. The van der Waals surface area contributed by atoms with E-state index < -0.39 is 86.8 Å². The summed E-state index contributed by atoms with van der Waals surface area (Å²) in [6.45, 7) is 2.74. The van der Waals surface area contributed by atoms with Gasteiger partial charge in [-0.05, 0) is 83.5 Å². The Morgan fingerprint density at radius 2 is 0.870 bits per heavy atom. The maximum Gasteiger partial charge on any atom is 0.220 e. The summed E-state index contributed by atoms with van der Waals surface area (Å²) in [5, 5.41) is 87.1. The second kappa shape index (κ2) is 48.2. The summed E-state index contributed by atoms with van der Waals surface area (Å²) in [6, 6.07) is -0.949. The molecule has 2 heterocycles. The van der Waals surface area contributed by atoms with E-state index in [4.69, 9.17) is 18.9 Å². The van der Waals surface area contributed by atoms with Gasteiger partial charge in [-0.25, -0.2) is 0 Å². The molecule has 12 unspecified atom stereocenters. The van der Waals surface area contributed by atoms with Crippen molar-refractivity contribution in [2.45, 2.75) is 299 Å². The number of allylic oxidation sites excluding steroid dienone is 11. The summed E-state index contributed by atoms with van der Waals surface area (Å²) in [7, 11) is 0. The van der Waals surface area contributed by atoms with Crippen molar-refractivity contribution in [2.24, 2.45) is 0 Å². The van der Waals surface area contributed by atoms with Crippen LogP contribution in [0, 0.1) is 0 Å². The quantitative estimate of drug-likeness (QED) is 0.0204. The van der Waals surface area contributed by atoms with Crippen molar-refractivity contribution in [3.63, 3.8) is 0 Å². The second-order valence-electron chi connectivity index (χ2n) is 21.5. The summed E-state index contributed by atoms with van der Waals surface area (Å²) in [5.41, 5.74) is 0. The number of hydrogen-bond donors (Lipinski definition) is 9. The topological polar surface area (TPSA) is 228 Å². The van der Waals surface area contributed by atoms with E-state index in [1.807, 2.05) is 6.08 Å². The maximum atomic E-state index is 13.3. The predicted molar refractivity (Wildman–Crippen MR) is 309 cm³/mol. The van der Waals surface area contributed by atoms with E-state index in [2.05, 4.69) is 79.9 Å². The molecule has 77 heavy (non-hydrogen) atoms. The number of amides is 1. The zero-order valence-electron chi connectivity index (χ0n) is 47.9. The molecule has 2 aliphatic rings. The van der Waals surface area contributed by atoms with Gasteiger partial charge in [0.2, 0.25) is 5.91 Å². The fourth-order valence-corrected chi connectivity index (χ4v) is 9.62. The lowest BCUT2D eigenvalue weighted by Gasteiger charge is -2.46. The van der Waals surface area contributed by atoms with Crippen molar-refractivity contribution in [3.8, 4) is 0 Å². The summed E-state index contributed by atoms with van der Waals surface area (Å²) in [6.07, 6.45) is 46.5. The number of aliphatic hydroxyl groups excluding tert-OH is 8. The summed E-state index contributed by atoms with van der Waals surface area (Å²) in [5.74, 6) is -0.267. The van der Waals surface area contributed by atoms with Crippen LogP contribution in [0.15, 0.2) is 72.9 Å². The lowest BCUT2D eigenvalue weighted by molar-refractivity contribution is -0.359. The Kier molecular flexibility index (Phi) is 44.1. The molecule has 0 bridgehead atoms. The predicted octanol–water partition coefficient (Wildman–Crippen LogP) is 10.7. The molecule has 0 saturated carbocycles. The van der Waals surface area contributed by atoms with Gasteiger partial charge in [0, 0.05) is 6.42 Å². The molecule has 0 radical (unpaired) electrons. The standard InChI is InChI=1S/C63H111NO13/c1-3-5-7-9-11-13-15-17-19-21-23-24-25-26-27-29-30-32-34-36-38-40-42-44-46-52(67)51(64-55(68)47-45-43-41-39-37-35-33-31-28-22-20-18-16-14-12-10-8-6-4-2)50-74-62-60(73)58(71)61(54(49-66)76-62)77-63-59(72)57(70)56(69)53(48-65)75-63/h12,14,18,20,28-31,36,38,44,46,51-54,56-63,65-67,69-73H,3-11,13,15-17,19,21-27,32-35,37,39-43,45,47-50H2,1-2H3,(H,64,68)/b14-12-,20-18-,30-29+,31-28-,38-36+,46-44+. The third-order valence-electron chi connectivity index (χ3n) is 14.6. The Labute approximate surface area is 466 Å². The average molecular weight is 1090 g/mol. The first kappa shape index (κ1) is 70.5. The van der Waals surface area contributed by atoms with E-state index >= 15 is 0 Å². The van der Waals surface area contributed by atoms with E-state index in [1.165, 1.54) is 116 Å². The number of ether oxygens (including phenoxy) is 4. The van der Waals surface area contributed by atoms with Crippen molar-refractivity contribution in [1.29, 1.82) is 0 Å². The lowest BCUT2D eigenvalue weighted by atomic mass is 9.97. The zero-order valence-corrected chi connectivity index (χ0v) is 47.9. The molecule has 0 aromatic heterocycles.